The van der Waals surface area contributed by atoms with Crippen molar-refractivity contribution in [3.8, 4) is 0 Å². The monoisotopic (exact) mass is 184 g/mol. The molecule has 0 spiro atoms. The first kappa shape index (κ1) is 8.50. The van der Waals surface area contributed by atoms with E-state index in [4.69, 9.17) is 4.84 Å². The molecule has 5 nitrogen and oxygen atoms in total. The number of ether oxygens (including phenoxy) is 1. The average Bonchev–Trinajstić information content (AvgIpc) is 2.49. The fourth-order valence-corrected chi connectivity index (χ4v) is 1.42. The topological polar surface area (TPSA) is 59.9 Å². The Hall–Kier alpha value is -1.10. The van der Waals surface area contributed by atoms with E-state index in [0.717, 1.165) is 18.8 Å². The molecule has 5 heteroatoms. The quantitative estimate of drug-likeness (QED) is 0.589. The average molecular weight is 184 g/mol. The van der Waals surface area contributed by atoms with Gasteiger partial charge in [-0.05, 0) is 0 Å². The summed E-state index contributed by atoms with van der Waals surface area (Å²) in [5.74, 6) is 0.112. The van der Waals surface area contributed by atoms with Crippen molar-refractivity contribution in [3.63, 3.8) is 0 Å². The Morgan fingerprint density at radius 3 is 3.00 bits per heavy atom. The zero-order chi connectivity index (χ0) is 9.26. The van der Waals surface area contributed by atoms with Gasteiger partial charge in [-0.3, -0.25) is 0 Å². The second kappa shape index (κ2) is 3.33. The largest absolute Gasteiger partial charge is 0.466 e. The van der Waals surface area contributed by atoms with Crippen molar-refractivity contribution in [2.45, 2.75) is 12.5 Å². The molecular weight excluding hydrogens is 172 g/mol. The van der Waals surface area contributed by atoms with Crippen molar-refractivity contribution in [2.24, 2.45) is 11.1 Å². The van der Waals surface area contributed by atoms with Crippen LogP contribution in [0.15, 0.2) is 5.16 Å². The molecule has 2 aliphatic heterocycles. The molecule has 1 unspecified atom stereocenters. The maximum absolute atomic E-state index is 11.1. The highest BCUT2D eigenvalue weighted by Gasteiger charge is 2.34. The highest BCUT2D eigenvalue weighted by molar-refractivity contribution is 5.93. The van der Waals surface area contributed by atoms with Crippen molar-refractivity contribution in [3.05, 3.63) is 0 Å². The Morgan fingerprint density at radius 1 is 1.69 bits per heavy atom. The van der Waals surface area contributed by atoms with Crippen LogP contribution < -0.4 is 5.32 Å². The summed E-state index contributed by atoms with van der Waals surface area (Å²) in [5, 5.41) is 7.03. The molecule has 13 heavy (non-hydrogen) atoms. The number of carbonyl (C=O) groups is 1. The van der Waals surface area contributed by atoms with E-state index in [0.29, 0.717) is 12.3 Å². The smallest absolute Gasteiger partial charge is 0.350 e. The molecule has 0 aromatic heterocycles. The number of hydrogen-bond acceptors (Lipinski definition) is 5. The minimum absolute atomic E-state index is 0.342. The fraction of sp³-hybridized carbons (Fsp3) is 0.750. The van der Waals surface area contributed by atoms with E-state index < -0.39 is 6.10 Å². The van der Waals surface area contributed by atoms with Gasteiger partial charge < -0.3 is 14.9 Å². The summed E-state index contributed by atoms with van der Waals surface area (Å²) in [6.07, 6.45) is 0.0690. The summed E-state index contributed by atoms with van der Waals surface area (Å²) in [4.78, 5) is 16.0. The van der Waals surface area contributed by atoms with E-state index in [1.165, 1.54) is 7.11 Å². The lowest BCUT2D eigenvalue weighted by molar-refractivity contribution is -0.152. The first-order chi connectivity index (χ1) is 6.31. The molecule has 1 atom stereocenters. The molecule has 1 fully saturated rings. The molecule has 2 aliphatic rings. The maximum atomic E-state index is 11.1. The van der Waals surface area contributed by atoms with Crippen LogP contribution in [0, 0.1) is 5.92 Å². The SMILES string of the molecule is COC(=O)C1CC(C2CNC2)=NO1. The van der Waals surface area contributed by atoms with Gasteiger partial charge in [0.1, 0.15) is 0 Å². The number of oxime groups is 1. The fourth-order valence-electron chi connectivity index (χ4n) is 1.42. The maximum Gasteiger partial charge on any atom is 0.350 e. The van der Waals surface area contributed by atoms with Gasteiger partial charge in [0.25, 0.3) is 0 Å². The normalized spacial score (nSPS) is 27.5. The molecule has 2 heterocycles. The van der Waals surface area contributed by atoms with Gasteiger partial charge in [0.2, 0.25) is 6.10 Å². The van der Waals surface area contributed by atoms with Crippen LogP contribution in [0.4, 0.5) is 0 Å². The van der Waals surface area contributed by atoms with Crippen LogP contribution in [0.3, 0.4) is 0 Å². The van der Waals surface area contributed by atoms with Crippen LogP contribution >= 0.6 is 0 Å². The summed E-state index contributed by atoms with van der Waals surface area (Å²) >= 11 is 0. The molecule has 0 amide bonds. The summed E-state index contributed by atoms with van der Waals surface area (Å²) < 4.78 is 4.56. The van der Waals surface area contributed by atoms with E-state index in [2.05, 4.69) is 15.2 Å². The van der Waals surface area contributed by atoms with E-state index >= 15 is 0 Å². The Morgan fingerprint density at radius 2 is 2.46 bits per heavy atom. The molecule has 0 saturated carbocycles. The van der Waals surface area contributed by atoms with Gasteiger partial charge in [0.05, 0.1) is 12.8 Å². The van der Waals surface area contributed by atoms with Crippen LogP contribution in [-0.4, -0.2) is 38.0 Å². The molecule has 0 radical (unpaired) electrons. The van der Waals surface area contributed by atoms with Crippen molar-refractivity contribution in [1.82, 2.24) is 5.32 Å². The van der Waals surface area contributed by atoms with Crippen LogP contribution in [0.25, 0.3) is 0 Å². The number of carbonyl (C=O) groups excluding carboxylic acids is 1. The second-order valence-corrected chi connectivity index (χ2v) is 3.26. The minimum atomic E-state index is -0.513. The summed E-state index contributed by atoms with van der Waals surface area (Å²) in [6.45, 7) is 1.88. The lowest BCUT2D eigenvalue weighted by Gasteiger charge is -2.25. The van der Waals surface area contributed by atoms with E-state index in [1.54, 1.807) is 0 Å². The summed E-state index contributed by atoms with van der Waals surface area (Å²) in [5.41, 5.74) is 0.981. The first-order valence-corrected chi connectivity index (χ1v) is 4.32. The Balaban J connectivity index is 1.87. The molecule has 1 saturated heterocycles. The molecule has 0 bridgehead atoms. The first-order valence-electron chi connectivity index (χ1n) is 4.32. The van der Waals surface area contributed by atoms with Crippen LogP contribution in [0.5, 0.6) is 0 Å². The third-order valence-corrected chi connectivity index (χ3v) is 2.41. The van der Waals surface area contributed by atoms with Crippen molar-refractivity contribution >= 4 is 11.7 Å². The number of hydrogen-bond donors (Lipinski definition) is 1. The van der Waals surface area contributed by atoms with Crippen LogP contribution in [0.2, 0.25) is 0 Å². The van der Waals surface area contributed by atoms with Crippen LogP contribution in [0.1, 0.15) is 6.42 Å². The van der Waals surface area contributed by atoms with Crippen molar-refractivity contribution in [1.29, 1.82) is 0 Å². The van der Waals surface area contributed by atoms with Gasteiger partial charge in [-0.25, -0.2) is 4.79 Å². The van der Waals surface area contributed by atoms with Crippen molar-refractivity contribution in [2.75, 3.05) is 20.2 Å². The van der Waals surface area contributed by atoms with E-state index in [9.17, 15) is 4.79 Å². The molecular formula is C8H12N2O3. The Labute approximate surface area is 76.1 Å². The lowest BCUT2D eigenvalue weighted by atomic mass is 9.94. The molecule has 0 aromatic carbocycles. The number of nitrogens with zero attached hydrogens (tertiary/aromatic N) is 1. The highest BCUT2D eigenvalue weighted by Crippen LogP contribution is 2.19. The van der Waals surface area contributed by atoms with Crippen LogP contribution in [-0.2, 0) is 14.4 Å². The standard InChI is InChI=1S/C8H12N2O3/c1-12-8(11)7-2-6(10-13-7)5-3-9-4-5/h5,7,9H,2-4H2,1H3. The highest BCUT2D eigenvalue weighted by atomic mass is 16.7. The van der Waals surface area contributed by atoms with E-state index in [1.807, 2.05) is 0 Å². The molecule has 0 aliphatic carbocycles. The zero-order valence-corrected chi connectivity index (χ0v) is 7.45. The van der Waals surface area contributed by atoms with Gasteiger partial charge in [-0.15, -0.1) is 0 Å². The summed E-state index contributed by atoms with van der Waals surface area (Å²) in [7, 11) is 1.36. The molecule has 2 rings (SSSR count). The molecule has 0 aromatic rings. The summed E-state index contributed by atoms with van der Waals surface area (Å²) in [6, 6.07) is 0. The zero-order valence-electron chi connectivity index (χ0n) is 7.45. The number of nitrogens with one attached hydrogen (secondary N) is 1. The van der Waals surface area contributed by atoms with Gasteiger partial charge >= 0.3 is 5.97 Å². The van der Waals surface area contributed by atoms with Gasteiger partial charge in [0, 0.05) is 25.4 Å². The Kier molecular flexibility index (Phi) is 2.18. The predicted molar refractivity (Wildman–Crippen MR) is 45.3 cm³/mol. The number of esters is 1. The third kappa shape index (κ3) is 1.51. The van der Waals surface area contributed by atoms with Gasteiger partial charge in [0.15, 0.2) is 0 Å². The molecule has 1 N–H and O–H groups in total. The number of methoxy groups -OCH3 is 1. The predicted octanol–water partition coefficient (Wildman–Crippen LogP) is -0.476. The van der Waals surface area contributed by atoms with Gasteiger partial charge in [-0.2, -0.15) is 0 Å². The second-order valence-electron chi connectivity index (χ2n) is 3.26. The lowest BCUT2D eigenvalue weighted by Crippen LogP contribution is -2.46. The minimum Gasteiger partial charge on any atom is -0.466 e. The van der Waals surface area contributed by atoms with Gasteiger partial charge in [-0.1, -0.05) is 5.16 Å². The van der Waals surface area contributed by atoms with E-state index in [-0.39, 0.29) is 5.97 Å². The number of rotatable bonds is 2. The Bertz CT molecular complexity index is 248. The molecule has 72 valence electrons. The third-order valence-electron chi connectivity index (χ3n) is 2.41. The van der Waals surface area contributed by atoms with Crippen molar-refractivity contribution < 1.29 is 14.4 Å².